The largest absolute Gasteiger partial charge is 0.497 e. The van der Waals surface area contributed by atoms with Crippen molar-refractivity contribution in [3.63, 3.8) is 0 Å². The monoisotopic (exact) mass is 272 g/mol. The van der Waals surface area contributed by atoms with E-state index in [-0.39, 0.29) is 0 Å². The summed E-state index contributed by atoms with van der Waals surface area (Å²) in [5.41, 5.74) is 0.566. The lowest BCUT2D eigenvalue weighted by molar-refractivity contribution is 0.282. The Balaban J connectivity index is 2.04. The molecule has 2 rings (SSSR count). The Labute approximate surface area is 121 Å². The number of rotatable bonds is 5. The van der Waals surface area contributed by atoms with Gasteiger partial charge in [0.2, 0.25) is 0 Å². The van der Waals surface area contributed by atoms with Crippen LogP contribution in [0.5, 0.6) is 5.75 Å². The quantitative estimate of drug-likeness (QED) is 0.866. The van der Waals surface area contributed by atoms with Gasteiger partial charge >= 0.3 is 0 Å². The van der Waals surface area contributed by atoms with Gasteiger partial charge in [0.25, 0.3) is 0 Å². The van der Waals surface area contributed by atoms with Crippen LogP contribution in [-0.2, 0) is 0 Å². The van der Waals surface area contributed by atoms with Crippen molar-refractivity contribution in [2.24, 2.45) is 5.92 Å². The third-order valence-electron chi connectivity index (χ3n) is 4.32. The highest BCUT2D eigenvalue weighted by Gasteiger charge is 2.35. The maximum absolute atomic E-state index is 9.60. The lowest BCUT2D eigenvalue weighted by Gasteiger charge is -2.36. The van der Waals surface area contributed by atoms with Crippen LogP contribution in [0, 0.1) is 17.2 Å². The number of benzene rings is 1. The molecule has 0 saturated heterocycles. The van der Waals surface area contributed by atoms with E-state index in [1.165, 1.54) is 12.8 Å². The third-order valence-corrected chi connectivity index (χ3v) is 4.32. The van der Waals surface area contributed by atoms with E-state index >= 15 is 0 Å². The lowest BCUT2D eigenvalue weighted by atomic mass is 9.75. The van der Waals surface area contributed by atoms with E-state index in [1.807, 2.05) is 24.3 Å². The van der Waals surface area contributed by atoms with Crippen molar-refractivity contribution in [1.82, 2.24) is 0 Å². The molecule has 1 aliphatic carbocycles. The fraction of sp³-hybridized carbons (Fsp3) is 0.588. The lowest BCUT2D eigenvalue weighted by Crippen LogP contribution is -2.40. The average molecular weight is 272 g/mol. The Morgan fingerprint density at radius 2 is 2.15 bits per heavy atom. The van der Waals surface area contributed by atoms with E-state index in [1.54, 1.807) is 7.11 Å². The van der Waals surface area contributed by atoms with Crippen molar-refractivity contribution in [1.29, 1.82) is 5.26 Å². The summed E-state index contributed by atoms with van der Waals surface area (Å²) in [6.45, 7) is 2.24. The van der Waals surface area contributed by atoms with Gasteiger partial charge < -0.3 is 10.1 Å². The molecule has 0 atom stereocenters. The number of hydrogen-bond acceptors (Lipinski definition) is 3. The number of methoxy groups -OCH3 is 1. The Kier molecular flexibility index (Phi) is 4.89. The molecule has 0 aliphatic heterocycles. The number of anilines is 1. The predicted octanol–water partition coefficient (Wildman–Crippen LogP) is 4.36. The summed E-state index contributed by atoms with van der Waals surface area (Å²) in [5.74, 6) is 1.62. The summed E-state index contributed by atoms with van der Waals surface area (Å²) in [5, 5.41) is 13.0. The Hall–Kier alpha value is -1.69. The highest BCUT2D eigenvalue weighted by Crippen LogP contribution is 2.36. The Morgan fingerprint density at radius 3 is 2.75 bits per heavy atom. The fourth-order valence-corrected chi connectivity index (χ4v) is 3.11. The fourth-order valence-electron chi connectivity index (χ4n) is 3.11. The predicted molar refractivity (Wildman–Crippen MR) is 81.8 cm³/mol. The van der Waals surface area contributed by atoms with Crippen LogP contribution in [0.1, 0.15) is 45.4 Å². The van der Waals surface area contributed by atoms with Gasteiger partial charge in [-0.2, -0.15) is 5.26 Å². The van der Waals surface area contributed by atoms with E-state index < -0.39 is 5.54 Å². The van der Waals surface area contributed by atoms with Gasteiger partial charge in [-0.3, -0.25) is 0 Å². The Morgan fingerprint density at radius 1 is 1.40 bits per heavy atom. The summed E-state index contributed by atoms with van der Waals surface area (Å²) in [6, 6.07) is 10.3. The van der Waals surface area contributed by atoms with E-state index in [0.717, 1.165) is 43.0 Å². The highest BCUT2D eigenvalue weighted by molar-refractivity contribution is 5.51. The summed E-state index contributed by atoms with van der Waals surface area (Å²) < 4.78 is 5.24. The molecule has 0 radical (unpaired) electrons. The van der Waals surface area contributed by atoms with Gasteiger partial charge in [-0.25, -0.2) is 0 Å². The standard InChI is InChI=1S/C17H24N2O/c1-3-5-14-8-10-17(13-18,11-9-14)19-15-6-4-7-16(12-15)20-2/h4,6-7,12,14,19H,3,5,8-11H2,1-2H3. The van der Waals surface area contributed by atoms with Gasteiger partial charge in [0.15, 0.2) is 0 Å². The van der Waals surface area contributed by atoms with Crippen molar-refractivity contribution in [2.45, 2.75) is 51.0 Å². The van der Waals surface area contributed by atoms with Crippen molar-refractivity contribution < 1.29 is 4.74 Å². The number of ether oxygens (including phenoxy) is 1. The van der Waals surface area contributed by atoms with Crippen LogP contribution in [0.3, 0.4) is 0 Å². The first-order valence-corrected chi connectivity index (χ1v) is 7.55. The molecule has 20 heavy (non-hydrogen) atoms. The summed E-state index contributed by atoms with van der Waals surface area (Å²) >= 11 is 0. The van der Waals surface area contributed by atoms with Crippen LogP contribution < -0.4 is 10.1 Å². The number of nitrogens with zero attached hydrogens (tertiary/aromatic N) is 1. The van der Waals surface area contributed by atoms with Crippen LogP contribution in [0.15, 0.2) is 24.3 Å². The molecule has 1 aromatic carbocycles. The van der Waals surface area contributed by atoms with Gasteiger partial charge in [-0.1, -0.05) is 25.8 Å². The van der Waals surface area contributed by atoms with Crippen LogP contribution in [0.4, 0.5) is 5.69 Å². The Bertz CT molecular complexity index is 470. The van der Waals surface area contributed by atoms with E-state index in [0.29, 0.717) is 0 Å². The zero-order chi connectivity index (χ0) is 14.4. The molecule has 0 unspecified atom stereocenters. The molecule has 108 valence electrons. The smallest absolute Gasteiger partial charge is 0.125 e. The van der Waals surface area contributed by atoms with Crippen molar-refractivity contribution in [2.75, 3.05) is 12.4 Å². The van der Waals surface area contributed by atoms with Crippen molar-refractivity contribution in [3.8, 4) is 11.8 Å². The molecule has 0 amide bonds. The van der Waals surface area contributed by atoms with Crippen molar-refractivity contribution in [3.05, 3.63) is 24.3 Å². The molecule has 1 aliphatic rings. The second-order valence-corrected chi connectivity index (χ2v) is 5.78. The molecule has 1 aromatic rings. The molecule has 0 spiro atoms. The van der Waals surface area contributed by atoms with Crippen molar-refractivity contribution >= 4 is 5.69 Å². The van der Waals surface area contributed by atoms with E-state index in [4.69, 9.17) is 4.74 Å². The first kappa shape index (κ1) is 14.7. The van der Waals surface area contributed by atoms with Crippen LogP contribution >= 0.6 is 0 Å². The molecular weight excluding hydrogens is 248 g/mol. The van der Waals surface area contributed by atoms with Gasteiger partial charge in [-0.15, -0.1) is 0 Å². The number of nitriles is 1. The minimum absolute atomic E-state index is 0.406. The molecule has 1 fully saturated rings. The zero-order valence-corrected chi connectivity index (χ0v) is 12.5. The third kappa shape index (κ3) is 3.45. The zero-order valence-electron chi connectivity index (χ0n) is 12.5. The highest BCUT2D eigenvalue weighted by atomic mass is 16.5. The van der Waals surface area contributed by atoms with Gasteiger partial charge in [0.1, 0.15) is 11.3 Å². The molecule has 0 aromatic heterocycles. The topological polar surface area (TPSA) is 45.0 Å². The minimum atomic E-state index is -0.406. The van der Waals surface area contributed by atoms with E-state index in [2.05, 4.69) is 18.3 Å². The first-order valence-electron chi connectivity index (χ1n) is 7.55. The number of nitrogens with one attached hydrogen (secondary N) is 1. The van der Waals surface area contributed by atoms with Gasteiger partial charge in [-0.05, 0) is 43.7 Å². The summed E-state index contributed by atoms with van der Waals surface area (Å²) in [6.07, 6.45) is 6.71. The summed E-state index contributed by atoms with van der Waals surface area (Å²) in [4.78, 5) is 0. The molecule has 1 saturated carbocycles. The maximum atomic E-state index is 9.60. The van der Waals surface area contributed by atoms with Gasteiger partial charge in [0, 0.05) is 11.8 Å². The van der Waals surface area contributed by atoms with Gasteiger partial charge in [0.05, 0.1) is 13.2 Å². The van der Waals surface area contributed by atoms with E-state index in [9.17, 15) is 5.26 Å². The van der Waals surface area contributed by atoms with Crippen LogP contribution in [0.2, 0.25) is 0 Å². The normalized spacial score (nSPS) is 25.8. The van der Waals surface area contributed by atoms with Crippen LogP contribution in [-0.4, -0.2) is 12.6 Å². The molecule has 0 bridgehead atoms. The molecule has 1 N–H and O–H groups in total. The maximum Gasteiger partial charge on any atom is 0.125 e. The number of hydrogen-bond donors (Lipinski definition) is 1. The average Bonchev–Trinajstić information content (AvgIpc) is 2.50. The van der Waals surface area contributed by atoms with Crippen LogP contribution in [0.25, 0.3) is 0 Å². The molecule has 0 heterocycles. The molecule has 3 heteroatoms. The second kappa shape index (κ2) is 6.65. The molecule has 3 nitrogen and oxygen atoms in total. The minimum Gasteiger partial charge on any atom is -0.497 e. The summed E-state index contributed by atoms with van der Waals surface area (Å²) in [7, 11) is 1.66. The molecular formula is C17H24N2O. The first-order chi connectivity index (χ1) is 9.71. The SMILES string of the molecule is CCCC1CCC(C#N)(Nc2cccc(OC)c2)CC1. The second-order valence-electron chi connectivity index (χ2n) is 5.78.